The van der Waals surface area contributed by atoms with Crippen LogP contribution in [0.3, 0.4) is 0 Å². The van der Waals surface area contributed by atoms with Gasteiger partial charge in [-0.15, -0.1) is 0 Å². The van der Waals surface area contributed by atoms with Crippen LogP contribution in [-0.4, -0.2) is 73.6 Å². The van der Waals surface area contributed by atoms with Crippen LogP contribution in [-0.2, 0) is 14.6 Å². The van der Waals surface area contributed by atoms with Gasteiger partial charge in [0, 0.05) is 0 Å². The summed E-state index contributed by atoms with van der Waals surface area (Å²) in [6.45, 7) is 1.21. The lowest BCUT2D eigenvalue weighted by Crippen LogP contribution is -2.38. The molecule has 1 aromatic heterocycles. The molecule has 25 heavy (non-hydrogen) atoms. The van der Waals surface area contributed by atoms with Crippen molar-refractivity contribution in [1.82, 2.24) is 4.98 Å². The Morgan fingerprint density at radius 2 is 1.76 bits per heavy atom. The van der Waals surface area contributed by atoms with Crippen LogP contribution >= 0.6 is 0 Å². The molecule has 0 bridgehead atoms. The van der Waals surface area contributed by atoms with Gasteiger partial charge in [0.25, 0.3) is 5.69 Å². The van der Waals surface area contributed by atoms with Crippen molar-refractivity contribution < 1.29 is 31.5 Å². The van der Waals surface area contributed by atoms with Gasteiger partial charge in [-0.05, 0) is 0 Å². The van der Waals surface area contributed by atoms with Gasteiger partial charge in [-0.25, -0.2) is 13.4 Å². The van der Waals surface area contributed by atoms with Crippen LogP contribution in [0.2, 0.25) is 0 Å². The molecule has 13 nitrogen and oxygen atoms in total. The molecule has 0 fully saturated rings. The van der Waals surface area contributed by atoms with Crippen molar-refractivity contribution in [2.24, 2.45) is 0 Å². The zero-order valence-corrected chi connectivity index (χ0v) is 14.8. The number of aromatic nitrogens is 1. The quantitative estimate of drug-likeness (QED) is 0.224. The van der Waals surface area contributed by atoms with Gasteiger partial charge in [0.05, 0.1) is 57.3 Å². The van der Waals surface area contributed by atoms with E-state index in [-0.39, 0.29) is 5.82 Å². The van der Waals surface area contributed by atoms with Crippen LogP contribution < -0.4 is 5.32 Å². The molecular weight excluding hydrogens is 362 g/mol. The minimum absolute atomic E-state index is 0.0454. The van der Waals surface area contributed by atoms with Gasteiger partial charge in [-0.3, -0.25) is 24.4 Å². The van der Waals surface area contributed by atoms with Gasteiger partial charge in [0.15, 0.2) is 0 Å². The third kappa shape index (κ3) is 10.1. The highest BCUT2D eigenvalue weighted by Gasteiger charge is 2.21. The highest BCUT2D eigenvalue weighted by molar-refractivity contribution is 7.80. The van der Waals surface area contributed by atoms with Crippen molar-refractivity contribution in [3.05, 3.63) is 32.5 Å². The first-order valence-corrected chi connectivity index (χ1v) is 7.95. The third-order valence-corrected chi connectivity index (χ3v) is 2.95. The summed E-state index contributed by atoms with van der Waals surface area (Å²) in [7, 11) is 2.35. The van der Waals surface area contributed by atoms with E-state index in [1.165, 1.54) is 0 Å². The number of hydrogen-bond donors (Lipinski definition) is 1. The average molecular weight is 381 g/mol. The summed E-state index contributed by atoms with van der Waals surface area (Å²) in [6.07, 6.45) is 1.00. The number of pyridine rings is 1. The Kier molecular flexibility index (Phi) is 8.28. The van der Waals surface area contributed by atoms with Gasteiger partial charge in [0.2, 0.25) is 16.2 Å². The fourth-order valence-corrected chi connectivity index (χ4v) is 1.33. The van der Waals surface area contributed by atoms with E-state index < -0.39 is 31.6 Å². The molecule has 0 spiro atoms. The van der Waals surface area contributed by atoms with Gasteiger partial charge in [-0.1, -0.05) is 0 Å². The normalized spacial score (nSPS) is 11.2. The molecular formula is C11H19N5O8S. The number of nitro groups is 2. The summed E-state index contributed by atoms with van der Waals surface area (Å²) >= 11 is 0. The number of nitrogens with one attached hydrogen (secondary N) is 1. The molecule has 142 valence electrons. The monoisotopic (exact) mass is 381 g/mol. The third-order valence-electron chi connectivity index (χ3n) is 2.54. The molecule has 0 saturated carbocycles. The maximum Gasteiger partial charge on any atom is 0.318 e. The van der Waals surface area contributed by atoms with E-state index in [2.05, 4.69) is 14.5 Å². The lowest BCUT2D eigenvalue weighted by Gasteiger charge is -2.23. The molecule has 14 heteroatoms. The van der Waals surface area contributed by atoms with Crippen molar-refractivity contribution in [3.8, 4) is 0 Å². The second-order valence-electron chi connectivity index (χ2n) is 5.59. The molecule has 1 heterocycles. The van der Waals surface area contributed by atoms with E-state index >= 15 is 0 Å². The van der Waals surface area contributed by atoms with E-state index in [4.69, 9.17) is 0 Å². The lowest BCUT2D eigenvalue weighted by atomic mass is 10.3. The molecule has 1 rings (SSSR count). The number of hydrogen-bond acceptors (Lipinski definition) is 10. The summed E-state index contributed by atoms with van der Waals surface area (Å²) < 4.78 is 31.7. The molecule has 1 N–H and O–H groups in total. The Labute approximate surface area is 144 Å². The first-order chi connectivity index (χ1) is 11.3. The first-order valence-electron chi connectivity index (χ1n) is 6.61. The fraction of sp³-hybridized carbons (Fsp3) is 0.545. The van der Waals surface area contributed by atoms with Gasteiger partial charge >= 0.3 is 5.69 Å². The van der Waals surface area contributed by atoms with Crippen molar-refractivity contribution in [2.75, 3.05) is 46.7 Å². The molecule has 0 amide bonds. The molecule has 0 saturated heterocycles. The molecule has 0 unspecified atom stereocenters. The Morgan fingerprint density at radius 1 is 1.24 bits per heavy atom. The van der Waals surface area contributed by atoms with E-state index in [1.54, 1.807) is 0 Å². The van der Waals surface area contributed by atoms with Crippen LogP contribution in [0.5, 0.6) is 0 Å². The molecule has 0 aromatic carbocycles. The summed E-state index contributed by atoms with van der Waals surface area (Å²) in [5, 5.41) is 24.2. The summed E-state index contributed by atoms with van der Waals surface area (Å²) in [5.41, 5.74) is -0.792. The highest BCUT2D eigenvalue weighted by atomic mass is 32.3. The Bertz CT molecular complexity index is 716. The van der Waals surface area contributed by atoms with Crippen molar-refractivity contribution in [2.45, 2.75) is 0 Å². The van der Waals surface area contributed by atoms with Crippen molar-refractivity contribution >= 4 is 27.6 Å². The highest BCUT2D eigenvalue weighted by Crippen LogP contribution is 2.25. The predicted molar refractivity (Wildman–Crippen MR) is 85.6 cm³/mol. The van der Waals surface area contributed by atoms with Crippen molar-refractivity contribution in [1.29, 1.82) is 0 Å². The number of rotatable bonds is 7. The minimum atomic E-state index is -4.41. The molecule has 0 atom stereocenters. The number of anilines is 1. The van der Waals surface area contributed by atoms with Crippen molar-refractivity contribution in [3.63, 3.8) is 0 Å². The van der Waals surface area contributed by atoms with Crippen LogP contribution in [0, 0.1) is 20.2 Å². The summed E-state index contributed by atoms with van der Waals surface area (Å²) in [4.78, 5) is 23.7. The second-order valence-corrected chi connectivity index (χ2v) is 6.74. The lowest BCUT2D eigenvalue weighted by molar-refractivity contribution is -0.868. The summed E-state index contributed by atoms with van der Waals surface area (Å²) in [6, 6.07) is 0.904. The van der Waals surface area contributed by atoms with Crippen LogP contribution in [0.4, 0.5) is 17.2 Å². The smallest absolute Gasteiger partial charge is 0.318 e. The Morgan fingerprint density at radius 3 is 2.12 bits per heavy atom. The average Bonchev–Trinajstić information content (AvgIpc) is 2.45. The maximum atomic E-state index is 10.9. The zero-order valence-electron chi connectivity index (χ0n) is 14.0. The second kappa shape index (κ2) is 9.16. The van der Waals surface area contributed by atoms with Crippen LogP contribution in [0.1, 0.15) is 0 Å². The number of quaternary nitrogens is 1. The Hall–Kier alpha value is -2.42. The van der Waals surface area contributed by atoms with E-state index in [1.807, 2.05) is 21.1 Å². The topological polar surface area (TPSA) is 178 Å². The standard InChI is InChI=1S/C10H16N5O4.CH4O4S/c1-15(2,3)5-4-11-10-9(14(18)19)6-8(7-12-10)13(16)17;1-5-6(2,3)4/h6-7H,4-5H2,1-3H3,(H,11,12);1H3,(H,2,3,4)/q+1;/p-1. The Balaban J connectivity index is 0.000000823. The zero-order chi connectivity index (χ0) is 19.8. The van der Waals surface area contributed by atoms with Gasteiger partial charge < -0.3 is 14.4 Å². The van der Waals surface area contributed by atoms with Crippen LogP contribution in [0.25, 0.3) is 0 Å². The van der Waals surface area contributed by atoms with Gasteiger partial charge in [-0.2, -0.15) is 0 Å². The minimum Gasteiger partial charge on any atom is -0.726 e. The molecule has 0 aliphatic heterocycles. The van der Waals surface area contributed by atoms with E-state index in [9.17, 15) is 33.2 Å². The molecule has 0 aliphatic carbocycles. The summed E-state index contributed by atoms with van der Waals surface area (Å²) in [5.74, 6) is 0.0454. The number of likely N-dealkylation sites (N-methyl/N-ethyl adjacent to an activating group) is 1. The predicted octanol–water partition coefficient (Wildman–Crippen LogP) is 0.109. The van der Waals surface area contributed by atoms with Gasteiger partial charge in [0.1, 0.15) is 6.20 Å². The van der Waals surface area contributed by atoms with Crippen LogP contribution in [0.15, 0.2) is 12.3 Å². The van der Waals surface area contributed by atoms with E-state index in [0.29, 0.717) is 11.0 Å². The fourth-order valence-electron chi connectivity index (χ4n) is 1.33. The SMILES string of the molecule is COS(=O)(=O)[O-].C[N+](C)(C)CCNc1ncc([N+](=O)[O-])cc1[N+](=O)[O-]. The molecule has 0 radical (unpaired) electrons. The number of nitrogens with zero attached hydrogens (tertiary/aromatic N) is 4. The van der Waals surface area contributed by atoms with E-state index in [0.717, 1.165) is 25.9 Å². The molecule has 0 aliphatic rings. The maximum absolute atomic E-state index is 10.9. The largest absolute Gasteiger partial charge is 0.726 e. The molecule has 1 aromatic rings. The first kappa shape index (κ1) is 22.6.